The third-order valence-corrected chi connectivity index (χ3v) is 3.17. The van der Waals surface area contributed by atoms with Gasteiger partial charge in [0.25, 0.3) is 5.69 Å². The summed E-state index contributed by atoms with van der Waals surface area (Å²) < 4.78 is 10.3. The monoisotopic (exact) mass is 328 g/mol. The zero-order chi connectivity index (χ0) is 17.5. The number of amides is 1. The summed E-state index contributed by atoms with van der Waals surface area (Å²) in [5.74, 6) is 0.676. The second-order valence-corrected chi connectivity index (χ2v) is 4.74. The molecule has 0 aromatic heterocycles. The van der Waals surface area contributed by atoms with E-state index < -0.39 is 10.8 Å². The van der Waals surface area contributed by atoms with Gasteiger partial charge in [-0.3, -0.25) is 14.9 Å². The Morgan fingerprint density at radius 3 is 2.62 bits per heavy atom. The van der Waals surface area contributed by atoms with E-state index in [1.54, 1.807) is 30.3 Å². The molecule has 0 aliphatic heterocycles. The largest absolute Gasteiger partial charge is 0.497 e. The molecule has 0 heterocycles. The molecule has 0 spiro atoms. The number of nitrogens with zero attached hydrogens (tertiary/aromatic N) is 1. The summed E-state index contributed by atoms with van der Waals surface area (Å²) in [7, 11) is 3.02. The third kappa shape index (κ3) is 4.33. The number of carbonyl (C=O) groups excluding carboxylic acids is 1. The van der Waals surface area contributed by atoms with Gasteiger partial charge in [0.15, 0.2) is 0 Å². The number of methoxy groups -OCH3 is 2. The summed E-state index contributed by atoms with van der Waals surface area (Å²) in [4.78, 5) is 22.3. The normalized spacial score (nSPS) is 10.4. The third-order valence-electron chi connectivity index (χ3n) is 3.17. The Kier molecular flexibility index (Phi) is 5.51. The van der Waals surface area contributed by atoms with E-state index in [0.717, 1.165) is 0 Å². The van der Waals surface area contributed by atoms with Crippen molar-refractivity contribution >= 4 is 23.4 Å². The van der Waals surface area contributed by atoms with E-state index in [0.29, 0.717) is 22.7 Å². The summed E-state index contributed by atoms with van der Waals surface area (Å²) in [6, 6.07) is 11.0. The van der Waals surface area contributed by atoms with E-state index in [2.05, 4.69) is 5.32 Å². The summed E-state index contributed by atoms with van der Waals surface area (Å²) in [5, 5.41) is 13.4. The van der Waals surface area contributed by atoms with Gasteiger partial charge in [0.2, 0.25) is 5.91 Å². The molecule has 7 nitrogen and oxygen atoms in total. The lowest BCUT2D eigenvalue weighted by Crippen LogP contribution is -2.09. The van der Waals surface area contributed by atoms with Gasteiger partial charge < -0.3 is 14.8 Å². The van der Waals surface area contributed by atoms with Gasteiger partial charge in [-0.05, 0) is 23.8 Å². The SMILES string of the molecule is COc1ccc(OC)c(NC(=O)C=Cc2cccc([N+](=O)[O-])c2)c1. The van der Waals surface area contributed by atoms with E-state index in [1.165, 1.54) is 38.5 Å². The number of nitro benzene ring substituents is 1. The number of hydrogen-bond acceptors (Lipinski definition) is 5. The Balaban J connectivity index is 2.13. The maximum atomic E-state index is 12.0. The van der Waals surface area contributed by atoms with Gasteiger partial charge in [-0.15, -0.1) is 0 Å². The van der Waals surface area contributed by atoms with Crippen LogP contribution in [0.5, 0.6) is 11.5 Å². The average molecular weight is 328 g/mol. The summed E-state index contributed by atoms with van der Waals surface area (Å²) in [6.45, 7) is 0. The number of nitro groups is 1. The predicted molar refractivity (Wildman–Crippen MR) is 90.3 cm³/mol. The molecule has 0 saturated heterocycles. The van der Waals surface area contributed by atoms with Crippen molar-refractivity contribution in [2.24, 2.45) is 0 Å². The van der Waals surface area contributed by atoms with Crippen LogP contribution in [-0.4, -0.2) is 25.1 Å². The number of rotatable bonds is 6. The average Bonchev–Trinajstić information content (AvgIpc) is 2.60. The number of carbonyl (C=O) groups is 1. The molecule has 0 unspecified atom stereocenters. The quantitative estimate of drug-likeness (QED) is 0.499. The molecule has 0 atom stereocenters. The van der Waals surface area contributed by atoms with Crippen molar-refractivity contribution < 1.29 is 19.2 Å². The number of benzene rings is 2. The Morgan fingerprint density at radius 1 is 1.17 bits per heavy atom. The van der Waals surface area contributed by atoms with Crippen molar-refractivity contribution in [2.45, 2.75) is 0 Å². The van der Waals surface area contributed by atoms with Crippen molar-refractivity contribution in [1.82, 2.24) is 0 Å². The number of anilines is 1. The first-order chi connectivity index (χ1) is 11.5. The summed E-state index contributed by atoms with van der Waals surface area (Å²) in [5.41, 5.74) is 0.981. The maximum Gasteiger partial charge on any atom is 0.270 e. The van der Waals surface area contributed by atoms with E-state index in [4.69, 9.17) is 9.47 Å². The molecule has 1 N–H and O–H groups in total. The van der Waals surface area contributed by atoms with Crippen molar-refractivity contribution in [3.05, 3.63) is 64.2 Å². The van der Waals surface area contributed by atoms with Crippen LogP contribution in [0, 0.1) is 10.1 Å². The van der Waals surface area contributed by atoms with Crippen LogP contribution in [0.1, 0.15) is 5.56 Å². The summed E-state index contributed by atoms with van der Waals surface area (Å²) >= 11 is 0. The standard InChI is InChI=1S/C17H16N2O5/c1-23-14-7-8-16(24-2)15(11-14)18-17(20)9-6-12-4-3-5-13(10-12)19(21)22/h3-11H,1-2H3,(H,18,20). The Morgan fingerprint density at radius 2 is 1.96 bits per heavy atom. The Bertz CT molecular complexity index is 786. The second-order valence-electron chi connectivity index (χ2n) is 4.74. The van der Waals surface area contributed by atoms with Gasteiger partial charge in [0.05, 0.1) is 24.8 Å². The van der Waals surface area contributed by atoms with Crippen LogP contribution in [0.3, 0.4) is 0 Å². The maximum absolute atomic E-state index is 12.0. The van der Waals surface area contributed by atoms with Crippen LogP contribution >= 0.6 is 0 Å². The molecule has 0 aliphatic carbocycles. The molecular weight excluding hydrogens is 312 g/mol. The molecule has 124 valence electrons. The molecule has 0 aliphatic rings. The van der Waals surface area contributed by atoms with Crippen LogP contribution < -0.4 is 14.8 Å². The Hall–Kier alpha value is -3.35. The zero-order valence-corrected chi connectivity index (χ0v) is 13.2. The fourth-order valence-corrected chi connectivity index (χ4v) is 2.00. The fraction of sp³-hybridized carbons (Fsp3) is 0.118. The topological polar surface area (TPSA) is 90.7 Å². The van der Waals surface area contributed by atoms with E-state index in [1.807, 2.05) is 0 Å². The summed E-state index contributed by atoms with van der Waals surface area (Å²) in [6.07, 6.45) is 2.78. The number of non-ortho nitro benzene ring substituents is 1. The van der Waals surface area contributed by atoms with E-state index >= 15 is 0 Å². The van der Waals surface area contributed by atoms with Crippen LogP contribution in [0.25, 0.3) is 6.08 Å². The highest BCUT2D eigenvalue weighted by Crippen LogP contribution is 2.28. The molecule has 0 radical (unpaired) electrons. The highest BCUT2D eigenvalue weighted by Gasteiger charge is 2.08. The van der Waals surface area contributed by atoms with Crippen molar-refractivity contribution in [3.8, 4) is 11.5 Å². The van der Waals surface area contributed by atoms with Gasteiger partial charge in [-0.25, -0.2) is 0 Å². The Labute approximate surface area is 138 Å². The minimum atomic E-state index is -0.488. The first-order valence-corrected chi connectivity index (χ1v) is 6.99. The number of nitrogens with one attached hydrogen (secondary N) is 1. The molecule has 0 fully saturated rings. The van der Waals surface area contributed by atoms with Crippen LogP contribution in [-0.2, 0) is 4.79 Å². The minimum Gasteiger partial charge on any atom is -0.497 e. The van der Waals surface area contributed by atoms with Crippen LogP contribution in [0.4, 0.5) is 11.4 Å². The molecule has 24 heavy (non-hydrogen) atoms. The highest BCUT2D eigenvalue weighted by atomic mass is 16.6. The van der Waals surface area contributed by atoms with E-state index in [9.17, 15) is 14.9 Å². The number of ether oxygens (including phenoxy) is 2. The smallest absolute Gasteiger partial charge is 0.270 e. The minimum absolute atomic E-state index is 0.0352. The molecule has 2 aromatic rings. The van der Waals surface area contributed by atoms with Gasteiger partial charge in [0.1, 0.15) is 11.5 Å². The second kappa shape index (κ2) is 7.77. The predicted octanol–water partition coefficient (Wildman–Crippen LogP) is 3.26. The zero-order valence-electron chi connectivity index (χ0n) is 13.2. The molecule has 2 aromatic carbocycles. The molecular formula is C17H16N2O5. The highest BCUT2D eigenvalue weighted by molar-refractivity contribution is 6.02. The van der Waals surface area contributed by atoms with Gasteiger partial charge >= 0.3 is 0 Å². The lowest BCUT2D eigenvalue weighted by Gasteiger charge is -2.10. The lowest BCUT2D eigenvalue weighted by molar-refractivity contribution is -0.384. The lowest BCUT2D eigenvalue weighted by atomic mass is 10.2. The molecule has 2 rings (SSSR count). The molecule has 7 heteroatoms. The molecule has 1 amide bonds. The first kappa shape index (κ1) is 17.0. The van der Waals surface area contributed by atoms with Crippen molar-refractivity contribution in [3.63, 3.8) is 0 Å². The van der Waals surface area contributed by atoms with Gasteiger partial charge in [-0.2, -0.15) is 0 Å². The van der Waals surface area contributed by atoms with Crippen molar-refractivity contribution in [1.29, 1.82) is 0 Å². The van der Waals surface area contributed by atoms with Crippen LogP contribution in [0.15, 0.2) is 48.5 Å². The first-order valence-electron chi connectivity index (χ1n) is 6.99. The van der Waals surface area contributed by atoms with Gasteiger partial charge in [-0.1, -0.05) is 12.1 Å². The molecule has 0 saturated carbocycles. The number of hydrogen-bond donors (Lipinski definition) is 1. The molecule has 0 bridgehead atoms. The van der Waals surface area contributed by atoms with E-state index in [-0.39, 0.29) is 5.69 Å². The fourth-order valence-electron chi connectivity index (χ4n) is 2.00. The van der Waals surface area contributed by atoms with Crippen molar-refractivity contribution in [2.75, 3.05) is 19.5 Å². The van der Waals surface area contributed by atoms with Gasteiger partial charge in [0, 0.05) is 24.3 Å². The van der Waals surface area contributed by atoms with Crippen LogP contribution in [0.2, 0.25) is 0 Å².